The summed E-state index contributed by atoms with van der Waals surface area (Å²) in [7, 11) is 0. The van der Waals surface area contributed by atoms with Crippen LogP contribution in [0.15, 0.2) is 0 Å². The Morgan fingerprint density at radius 3 is 2.20 bits per heavy atom. The Kier molecular flexibility index (Phi) is 3.63. The van der Waals surface area contributed by atoms with Gasteiger partial charge in [-0.05, 0) is 11.3 Å². The van der Waals surface area contributed by atoms with Crippen LogP contribution in [0.5, 0.6) is 0 Å². The predicted octanol–water partition coefficient (Wildman–Crippen LogP) is 2.43. The molecule has 0 unspecified atom stereocenters. The summed E-state index contributed by atoms with van der Waals surface area (Å²) in [6.45, 7) is 14.4. The number of hydrogen-bond donors (Lipinski definition) is 0. The number of nitrogens with zero attached hydrogens (tertiary/aromatic N) is 2. The average molecular weight is 212 g/mol. The maximum atomic E-state index is 12.0. The van der Waals surface area contributed by atoms with Crippen LogP contribution in [0, 0.1) is 11.3 Å². The van der Waals surface area contributed by atoms with Gasteiger partial charge in [0.05, 0.1) is 0 Å². The van der Waals surface area contributed by atoms with Gasteiger partial charge in [0, 0.05) is 26.2 Å². The van der Waals surface area contributed by atoms with Crippen LogP contribution in [0.4, 0.5) is 4.79 Å². The lowest BCUT2D eigenvalue weighted by atomic mass is 9.96. The Morgan fingerprint density at radius 1 is 1.20 bits per heavy atom. The summed E-state index contributed by atoms with van der Waals surface area (Å²) in [6.07, 6.45) is 0. The molecule has 1 rings (SSSR count). The van der Waals surface area contributed by atoms with Gasteiger partial charge in [0.2, 0.25) is 0 Å². The van der Waals surface area contributed by atoms with Crippen molar-refractivity contribution in [1.29, 1.82) is 0 Å². The van der Waals surface area contributed by atoms with E-state index in [1.165, 1.54) is 0 Å². The maximum Gasteiger partial charge on any atom is 0.320 e. The summed E-state index contributed by atoms with van der Waals surface area (Å²) in [6, 6.07) is 0.221. The van der Waals surface area contributed by atoms with E-state index < -0.39 is 0 Å². The lowest BCUT2D eigenvalue weighted by molar-refractivity contribution is 0.173. The largest absolute Gasteiger partial charge is 0.323 e. The highest BCUT2D eigenvalue weighted by atomic mass is 16.2. The molecule has 3 nitrogen and oxygen atoms in total. The Bertz CT molecular complexity index is 230. The molecule has 88 valence electrons. The molecule has 1 aliphatic rings. The normalized spacial score (nSPS) is 18.1. The van der Waals surface area contributed by atoms with Crippen LogP contribution in [-0.2, 0) is 0 Å². The second-order valence-corrected chi connectivity index (χ2v) is 6.10. The minimum Gasteiger partial charge on any atom is -0.323 e. The van der Waals surface area contributed by atoms with E-state index in [-0.39, 0.29) is 11.4 Å². The van der Waals surface area contributed by atoms with Crippen molar-refractivity contribution < 1.29 is 4.79 Å². The van der Waals surface area contributed by atoms with Crippen LogP contribution < -0.4 is 0 Å². The molecule has 0 aromatic heterocycles. The molecule has 0 saturated carbocycles. The summed E-state index contributed by atoms with van der Waals surface area (Å²) in [5.74, 6) is 0.559. The maximum absolute atomic E-state index is 12.0. The molecule has 0 spiro atoms. The van der Waals surface area contributed by atoms with Gasteiger partial charge in [0.1, 0.15) is 0 Å². The summed E-state index contributed by atoms with van der Waals surface area (Å²) in [4.78, 5) is 15.9. The molecule has 1 fully saturated rings. The van der Waals surface area contributed by atoms with Crippen LogP contribution in [-0.4, -0.2) is 42.0 Å². The number of hydrogen-bond acceptors (Lipinski definition) is 1. The molecular formula is C12H24N2O. The Balaban J connectivity index is 2.49. The van der Waals surface area contributed by atoms with E-state index in [1.807, 2.05) is 9.80 Å². The van der Waals surface area contributed by atoms with E-state index in [0.717, 1.165) is 26.2 Å². The highest BCUT2D eigenvalue weighted by Gasteiger charge is 2.30. The first-order chi connectivity index (χ1) is 6.79. The molecule has 0 atom stereocenters. The summed E-state index contributed by atoms with van der Waals surface area (Å²) >= 11 is 0. The van der Waals surface area contributed by atoms with Crippen LogP contribution in [0.25, 0.3) is 0 Å². The van der Waals surface area contributed by atoms with Crippen molar-refractivity contribution in [2.24, 2.45) is 11.3 Å². The highest BCUT2D eigenvalue weighted by molar-refractivity contribution is 5.76. The molecule has 0 aliphatic carbocycles. The SMILES string of the molecule is CC(C)CN1CCN(CC(C)(C)C)C1=O. The summed E-state index contributed by atoms with van der Waals surface area (Å²) < 4.78 is 0. The Hall–Kier alpha value is -0.730. The highest BCUT2D eigenvalue weighted by Crippen LogP contribution is 2.19. The van der Waals surface area contributed by atoms with Crippen LogP contribution in [0.3, 0.4) is 0 Å². The standard InChI is InChI=1S/C12H24N2O/c1-10(2)8-13-6-7-14(11(13)15)9-12(3,4)5/h10H,6-9H2,1-5H3. The van der Waals surface area contributed by atoms with Crippen LogP contribution in [0.2, 0.25) is 0 Å². The molecule has 2 amide bonds. The minimum atomic E-state index is 0.198. The fourth-order valence-electron chi connectivity index (χ4n) is 1.96. The van der Waals surface area contributed by atoms with E-state index in [2.05, 4.69) is 34.6 Å². The van der Waals surface area contributed by atoms with Gasteiger partial charge in [-0.3, -0.25) is 0 Å². The monoisotopic (exact) mass is 212 g/mol. The zero-order valence-electron chi connectivity index (χ0n) is 10.7. The third-order valence-corrected chi connectivity index (χ3v) is 2.43. The lowest BCUT2D eigenvalue weighted by Crippen LogP contribution is -2.38. The average Bonchev–Trinajstić information content (AvgIpc) is 2.32. The first kappa shape index (κ1) is 12.3. The van der Waals surface area contributed by atoms with Gasteiger partial charge in [-0.15, -0.1) is 0 Å². The minimum absolute atomic E-state index is 0.198. The van der Waals surface area contributed by atoms with Gasteiger partial charge in [0.25, 0.3) is 0 Å². The smallest absolute Gasteiger partial charge is 0.320 e. The van der Waals surface area contributed by atoms with Gasteiger partial charge in [-0.2, -0.15) is 0 Å². The molecule has 0 bridgehead atoms. The van der Waals surface area contributed by atoms with Gasteiger partial charge >= 0.3 is 6.03 Å². The quantitative estimate of drug-likeness (QED) is 0.705. The molecule has 3 heteroatoms. The van der Waals surface area contributed by atoms with Crippen molar-refractivity contribution in [2.45, 2.75) is 34.6 Å². The molecule has 1 heterocycles. The van der Waals surface area contributed by atoms with E-state index in [1.54, 1.807) is 0 Å². The van der Waals surface area contributed by atoms with E-state index in [9.17, 15) is 4.79 Å². The fraction of sp³-hybridized carbons (Fsp3) is 0.917. The van der Waals surface area contributed by atoms with Gasteiger partial charge in [-0.25, -0.2) is 4.79 Å². The van der Waals surface area contributed by atoms with Crippen molar-refractivity contribution >= 4 is 6.03 Å². The Morgan fingerprint density at radius 2 is 1.73 bits per heavy atom. The first-order valence-electron chi connectivity index (χ1n) is 5.83. The van der Waals surface area contributed by atoms with Crippen molar-refractivity contribution in [3.05, 3.63) is 0 Å². The van der Waals surface area contributed by atoms with Gasteiger partial charge < -0.3 is 9.80 Å². The Labute approximate surface area is 93.4 Å². The van der Waals surface area contributed by atoms with Gasteiger partial charge in [0.15, 0.2) is 0 Å². The number of urea groups is 1. The van der Waals surface area contributed by atoms with Crippen LogP contribution in [0.1, 0.15) is 34.6 Å². The van der Waals surface area contributed by atoms with Crippen LogP contribution >= 0.6 is 0 Å². The van der Waals surface area contributed by atoms with Crippen molar-refractivity contribution in [1.82, 2.24) is 9.80 Å². The van der Waals surface area contributed by atoms with Gasteiger partial charge in [-0.1, -0.05) is 34.6 Å². The zero-order valence-corrected chi connectivity index (χ0v) is 10.7. The van der Waals surface area contributed by atoms with Crippen molar-refractivity contribution in [3.63, 3.8) is 0 Å². The molecule has 1 saturated heterocycles. The fourth-order valence-corrected chi connectivity index (χ4v) is 1.96. The third kappa shape index (κ3) is 3.73. The number of carbonyl (C=O) groups excluding carboxylic acids is 1. The van der Waals surface area contributed by atoms with E-state index >= 15 is 0 Å². The zero-order chi connectivity index (χ0) is 11.6. The number of rotatable bonds is 3. The topological polar surface area (TPSA) is 23.6 Å². The lowest BCUT2D eigenvalue weighted by Gasteiger charge is -2.26. The van der Waals surface area contributed by atoms with Crippen molar-refractivity contribution in [3.8, 4) is 0 Å². The summed E-state index contributed by atoms with van der Waals surface area (Å²) in [5.41, 5.74) is 0.198. The second-order valence-electron chi connectivity index (χ2n) is 6.10. The number of amides is 2. The third-order valence-electron chi connectivity index (χ3n) is 2.43. The molecule has 0 aromatic carbocycles. The molecule has 0 radical (unpaired) electrons. The van der Waals surface area contributed by atoms with E-state index in [4.69, 9.17) is 0 Å². The molecule has 1 aliphatic heterocycles. The molecule has 0 aromatic rings. The van der Waals surface area contributed by atoms with E-state index in [0.29, 0.717) is 5.92 Å². The molecule has 15 heavy (non-hydrogen) atoms. The number of carbonyl (C=O) groups is 1. The molecule has 0 N–H and O–H groups in total. The first-order valence-corrected chi connectivity index (χ1v) is 5.83. The predicted molar refractivity (Wildman–Crippen MR) is 62.8 cm³/mol. The van der Waals surface area contributed by atoms with Crippen molar-refractivity contribution in [2.75, 3.05) is 26.2 Å². The molecular weight excluding hydrogens is 188 g/mol. The second kappa shape index (κ2) is 4.42. The summed E-state index contributed by atoms with van der Waals surface area (Å²) in [5, 5.41) is 0.